The van der Waals surface area contributed by atoms with Gasteiger partial charge in [-0.25, -0.2) is 0 Å². The molecule has 1 N–H and O–H groups in total. The number of nitrogens with zero attached hydrogens (tertiary/aromatic N) is 2. The van der Waals surface area contributed by atoms with Gasteiger partial charge < -0.3 is 5.32 Å². The summed E-state index contributed by atoms with van der Waals surface area (Å²) in [6.45, 7) is 3.58. The third-order valence-corrected chi connectivity index (χ3v) is 6.56. The van der Waals surface area contributed by atoms with Gasteiger partial charge in [-0.2, -0.15) is 0 Å². The van der Waals surface area contributed by atoms with Crippen LogP contribution in [0.25, 0.3) is 0 Å². The van der Waals surface area contributed by atoms with Crippen molar-refractivity contribution in [3.05, 3.63) is 65.7 Å². The highest BCUT2D eigenvalue weighted by molar-refractivity contribution is 5.65. The quantitative estimate of drug-likeness (QED) is 0.860. The summed E-state index contributed by atoms with van der Waals surface area (Å²) < 4.78 is 0. The van der Waals surface area contributed by atoms with Crippen molar-refractivity contribution in [1.82, 2.24) is 9.80 Å². The Kier molecular flexibility index (Phi) is 2.27. The number of anilines is 1. The van der Waals surface area contributed by atoms with Crippen LogP contribution in [0, 0.1) is 0 Å². The van der Waals surface area contributed by atoms with Crippen LogP contribution in [0.15, 0.2) is 54.6 Å². The minimum atomic E-state index is 0.314. The molecule has 4 aliphatic rings. The standard InChI is InChI=1S/C20H21N3/c1-2-6-14(7-3-1)12-22-11-10-20-15-8-4-5-9-16(15)21-19(20)23-13-17(23)18(20)22/h1-9,17-19,21H,10-13H2/t17?,18-,19?,20?,23?/m1/s1. The summed E-state index contributed by atoms with van der Waals surface area (Å²) in [5.74, 6) is 0. The molecule has 116 valence electrons. The number of hydrogen-bond donors (Lipinski definition) is 1. The van der Waals surface area contributed by atoms with Crippen molar-refractivity contribution in [3.8, 4) is 0 Å². The highest BCUT2D eigenvalue weighted by atomic mass is 15.5. The Labute approximate surface area is 136 Å². The lowest BCUT2D eigenvalue weighted by atomic mass is 9.74. The molecule has 0 amide bonds. The van der Waals surface area contributed by atoms with Crippen molar-refractivity contribution < 1.29 is 0 Å². The molecule has 2 aromatic carbocycles. The fraction of sp³-hybridized carbons (Fsp3) is 0.400. The number of likely N-dealkylation sites (tertiary alicyclic amines) is 1. The molecule has 0 aromatic heterocycles. The molecular weight excluding hydrogens is 282 g/mol. The molecule has 0 aliphatic carbocycles. The molecule has 0 radical (unpaired) electrons. The number of piperidine rings is 1. The third kappa shape index (κ3) is 1.47. The van der Waals surface area contributed by atoms with Gasteiger partial charge in [0.1, 0.15) is 0 Å². The molecule has 3 nitrogen and oxygen atoms in total. The number of benzene rings is 2. The lowest BCUT2D eigenvalue weighted by Crippen LogP contribution is -2.48. The second kappa shape index (κ2) is 4.16. The second-order valence-corrected chi connectivity index (χ2v) is 7.55. The number of para-hydroxylation sites is 1. The van der Waals surface area contributed by atoms with Crippen LogP contribution in [-0.2, 0) is 12.0 Å². The van der Waals surface area contributed by atoms with Gasteiger partial charge in [0.15, 0.2) is 0 Å². The normalized spacial score (nSPS) is 39.3. The first-order valence-electron chi connectivity index (χ1n) is 8.78. The first-order valence-corrected chi connectivity index (χ1v) is 8.78. The van der Waals surface area contributed by atoms with E-state index in [1.807, 2.05) is 0 Å². The van der Waals surface area contributed by atoms with Crippen molar-refractivity contribution in [2.24, 2.45) is 0 Å². The summed E-state index contributed by atoms with van der Waals surface area (Å²) in [5.41, 5.74) is 4.69. The maximum absolute atomic E-state index is 3.83. The van der Waals surface area contributed by atoms with Crippen LogP contribution < -0.4 is 5.32 Å². The van der Waals surface area contributed by atoms with E-state index < -0.39 is 0 Å². The van der Waals surface area contributed by atoms with Crippen molar-refractivity contribution in [2.45, 2.75) is 36.6 Å². The van der Waals surface area contributed by atoms with E-state index in [9.17, 15) is 0 Å². The van der Waals surface area contributed by atoms with Crippen LogP contribution in [0.1, 0.15) is 17.5 Å². The van der Waals surface area contributed by atoms with Crippen molar-refractivity contribution in [2.75, 3.05) is 18.4 Å². The van der Waals surface area contributed by atoms with E-state index in [0.29, 0.717) is 17.6 Å². The molecule has 2 aromatic rings. The van der Waals surface area contributed by atoms with E-state index >= 15 is 0 Å². The van der Waals surface area contributed by atoms with Crippen LogP contribution in [0.3, 0.4) is 0 Å². The molecule has 5 atom stereocenters. The van der Waals surface area contributed by atoms with Crippen LogP contribution in [0.4, 0.5) is 5.69 Å². The van der Waals surface area contributed by atoms with Crippen LogP contribution in [0.2, 0.25) is 0 Å². The summed E-state index contributed by atoms with van der Waals surface area (Å²) in [6.07, 6.45) is 1.81. The Bertz CT molecular complexity index is 773. The van der Waals surface area contributed by atoms with Gasteiger partial charge in [-0.1, -0.05) is 48.5 Å². The highest BCUT2D eigenvalue weighted by Gasteiger charge is 2.72. The van der Waals surface area contributed by atoms with E-state index in [0.717, 1.165) is 12.6 Å². The Balaban J connectivity index is 1.42. The predicted molar refractivity (Wildman–Crippen MR) is 91.3 cm³/mol. The molecule has 6 rings (SSSR count). The lowest BCUT2D eigenvalue weighted by molar-refractivity contribution is 0.214. The topological polar surface area (TPSA) is 18.3 Å². The maximum Gasteiger partial charge on any atom is 0.0913 e. The second-order valence-electron chi connectivity index (χ2n) is 7.55. The maximum atomic E-state index is 3.83. The van der Waals surface area contributed by atoms with E-state index in [2.05, 4.69) is 69.7 Å². The number of hydrogen-bond acceptors (Lipinski definition) is 3. The third-order valence-electron chi connectivity index (χ3n) is 6.56. The van der Waals surface area contributed by atoms with Crippen LogP contribution in [0.5, 0.6) is 0 Å². The molecule has 0 bridgehead atoms. The predicted octanol–water partition coefficient (Wildman–Crippen LogP) is 2.65. The smallest absolute Gasteiger partial charge is 0.0913 e. The molecule has 3 fully saturated rings. The van der Waals surface area contributed by atoms with Crippen LogP contribution >= 0.6 is 0 Å². The van der Waals surface area contributed by atoms with E-state index in [1.54, 1.807) is 5.56 Å². The van der Waals surface area contributed by atoms with Gasteiger partial charge in [0, 0.05) is 36.3 Å². The summed E-state index contributed by atoms with van der Waals surface area (Å²) in [5, 5.41) is 3.83. The van der Waals surface area contributed by atoms with Gasteiger partial charge in [0.25, 0.3) is 0 Å². The molecule has 0 saturated carbocycles. The summed E-state index contributed by atoms with van der Waals surface area (Å²) >= 11 is 0. The van der Waals surface area contributed by atoms with Crippen molar-refractivity contribution in [1.29, 1.82) is 0 Å². The summed E-state index contributed by atoms with van der Waals surface area (Å²) in [6, 6.07) is 21.4. The van der Waals surface area contributed by atoms with E-state index in [4.69, 9.17) is 0 Å². The minimum Gasteiger partial charge on any atom is -0.369 e. The van der Waals surface area contributed by atoms with E-state index in [-0.39, 0.29) is 0 Å². The molecule has 4 aliphatic heterocycles. The Hall–Kier alpha value is -1.84. The highest BCUT2D eigenvalue weighted by Crippen LogP contribution is 2.61. The molecule has 1 spiro atoms. The minimum absolute atomic E-state index is 0.314. The van der Waals surface area contributed by atoms with Crippen molar-refractivity contribution in [3.63, 3.8) is 0 Å². The zero-order chi connectivity index (χ0) is 15.0. The molecule has 23 heavy (non-hydrogen) atoms. The van der Waals surface area contributed by atoms with Gasteiger partial charge in [-0.05, 0) is 30.2 Å². The van der Waals surface area contributed by atoms with Gasteiger partial charge in [0.05, 0.1) is 6.17 Å². The SMILES string of the molecule is c1ccc(CN2CCC34c5ccccc5NC3N3CC3[C@@H]24)cc1. The molecule has 3 saturated heterocycles. The molecule has 3 heteroatoms. The zero-order valence-electron chi connectivity index (χ0n) is 13.2. The average Bonchev–Trinajstić information content (AvgIpc) is 3.05. The average molecular weight is 303 g/mol. The monoisotopic (exact) mass is 303 g/mol. The number of fused-ring (bicyclic) bond motifs is 4. The van der Waals surface area contributed by atoms with Crippen LogP contribution in [-0.4, -0.2) is 41.1 Å². The van der Waals surface area contributed by atoms with Gasteiger partial charge in [-0.3, -0.25) is 9.80 Å². The number of rotatable bonds is 2. The first-order chi connectivity index (χ1) is 11.4. The van der Waals surface area contributed by atoms with Crippen molar-refractivity contribution >= 4 is 5.69 Å². The largest absolute Gasteiger partial charge is 0.369 e. The van der Waals surface area contributed by atoms with E-state index in [1.165, 1.54) is 30.8 Å². The van der Waals surface area contributed by atoms with Gasteiger partial charge >= 0.3 is 0 Å². The fourth-order valence-electron chi connectivity index (χ4n) is 5.68. The Morgan fingerprint density at radius 2 is 1.87 bits per heavy atom. The summed E-state index contributed by atoms with van der Waals surface area (Å²) in [4.78, 5) is 5.44. The Morgan fingerprint density at radius 3 is 2.78 bits per heavy atom. The molecule has 4 unspecified atom stereocenters. The molecular formula is C20H21N3. The number of nitrogens with one attached hydrogen (secondary N) is 1. The Morgan fingerprint density at radius 1 is 1.04 bits per heavy atom. The lowest BCUT2D eigenvalue weighted by Gasteiger charge is -2.34. The first kappa shape index (κ1) is 12.6. The fourth-order valence-corrected chi connectivity index (χ4v) is 5.68. The zero-order valence-corrected chi connectivity index (χ0v) is 13.2. The summed E-state index contributed by atoms with van der Waals surface area (Å²) in [7, 11) is 0. The van der Waals surface area contributed by atoms with Gasteiger partial charge in [-0.15, -0.1) is 0 Å². The molecule has 4 heterocycles. The van der Waals surface area contributed by atoms with Gasteiger partial charge in [0.2, 0.25) is 0 Å².